The number of carbonyl (C=O) groups excluding carboxylic acids is 1. The van der Waals surface area contributed by atoms with Gasteiger partial charge in [0, 0.05) is 29.8 Å². The fraction of sp³-hybridized carbons (Fsp3) is 0.316. The first-order valence-electron chi connectivity index (χ1n) is 8.52. The van der Waals surface area contributed by atoms with Crippen LogP contribution >= 0.6 is 11.3 Å². The Morgan fingerprint density at radius 3 is 2.92 bits per heavy atom. The third kappa shape index (κ3) is 3.49. The van der Waals surface area contributed by atoms with Crippen LogP contribution < -0.4 is 0 Å². The Morgan fingerprint density at radius 2 is 2.12 bits per heavy atom. The maximum absolute atomic E-state index is 12.6. The molecule has 5 nitrogen and oxygen atoms in total. The summed E-state index contributed by atoms with van der Waals surface area (Å²) in [5, 5.41) is 6.08. The normalized spacial score (nSPS) is 17.1. The molecule has 1 unspecified atom stereocenters. The average molecular weight is 353 g/mol. The summed E-state index contributed by atoms with van der Waals surface area (Å²) in [6, 6.07) is 14.1. The average Bonchev–Trinajstić information content (AvgIpc) is 3.41. The van der Waals surface area contributed by atoms with Gasteiger partial charge in [-0.2, -0.15) is 4.98 Å². The molecule has 1 amide bonds. The fourth-order valence-electron chi connectivity index (χ4n) is 3.26. The van der Waals surface area contributed by atoms with E-state index < -0.39 is 0 Å². The predicted molar refractivity (Wildman–Crippen MR) is 96.1 cm³/mol. The minimum Gasteiger partial charge on any atom is -0.339 e. The zero-order valence-corrected chi connectivity index (χ0v) is 14.6. The van der Waals surface area contributed by atoms with Crippen molar-refractivity contribution in [2.24, 2.45) is 0 Å². The topological polar surface area (TPSA) is 59.2 Å². The Hall–Kier alpha value is -2.47. The van der Waals surface area contributed by atoms with Crippen molar-refractivity contribution in [1.82, 2.24) is 15.0 Å². The van der Waals surface area contributed by atoms with Crippen LogP contribution in [0.15, 0.2) is 52.4 Å². The van der Waals surface area contributed by atoms with Crippen molar-refractivity contribution in [3.63, 3.8) is 0 Å². The van der Waals surface area contributed by atoms with Gasteiger partial charge in [0.15, 0.2) is 0 Å². The second-order valence-electron chi connectivity index (χ2n) is 6.14. The van der Waals surface area contributed by atoms with Crippen molar-refractivity contribution < 1.29 is 9.32 Å². The number of nitrogens with zero attached hydrogens (tertiary/aromatic N) is 3. The number of rotatable bonds is 5. The van der Waals surface area contributed by atoms with E-state index >= 15 is 0 Å². The van der Waals surface area contributed by atoms with Crippen LogP contribution in [-0.4, -0.2) is 27.5 Å². The summed E-state index contributed by atoms with van der Waals surface area (Å²) in [6.07, 6.45) is 2.99. The summed E-state index contributed by atoms with van der Waals surface area (Å²) in [5.41, 5.74) is 0.918. The molecule has 3 aromatic rings. The lowest BCUT2D eigenvalue weighted by atomic mass is 10.1. The van der Waals surface area contributed by atoms with Gasteiger partial charge in [0.05, 0.1) is 6.04 Å². The molecular weight excluding hydrogens is 334 g/mol. The first kappa shape index (κ1) is 16.0. The summed E-state index contributed by atoms with van der Waals surface area (Å²) in [5.74, 6) is 1.25. The smallest absolute Gasteiger partial charge is 0.227 e. The van der Waals surface area contributed by atoms with E-state index in [1.807, 2.05) is 41.3 Å². The van der Waals surface area contributed by atoms with Gasteiger partial charge in [-0.05, 0) is 24.3 Å². The van der Waals surface area contributed by atoms with Crippen molar-refractivity contribution >= 4 is 17.2 Å². The Bertz CT molecular complexity index is 829. The predicted octanol–water partition coefficient (Wildman–Crippen LogP) is 4.09. The first-order chi connectivity index (χ1) is 12.3. The van der Waals surface area contributed by atoms with Crippen LogP contribution in [0.5, 0.6) is 0 Å². The molecule has 0 saturated carbocycles. The molecule has 25 heavy (non-hydrogen) atoms. The molecule has 6 heteroatoms. The number of thiophene rings is 1. The monoisotopic (exact) mass is 353 g/mol. The highest BCUT2D eigenvalue weighted by atomic mass is 32.1. The molecular formula is C19H19N3O2S. The van der Waals surface area contributed by atoms with Crippen LogP contribution in [0.25, 0.3) is 11.4 Å². The Labute approximate surface area is 150 Å². The van der Waals surface area contributed by atoms with Crippen molar-refractivity contribution in [3.8, 4) is 11.4 Å². The summed E-state index contributed by atoms with van der Waals surface area (Å²) < 4.78 is 5.30. The first-order valence-corrected chi connectivity index (χ1v) is 9.40. The molecule has 1 aromatic carbocycles. The maximum Gasteiger partial charge on any atom is 0.227 e. The van der Waals surface area contributed by atoms with Gasteiger partial charge in [0.1, 0.15) is 0 Å². The number of likely N-dealkylation sites (tertiary alicyclic amines) is 1. The number of hydrogen-bond acceptors (Lipinski definition) is 5. The van der Waals surface area contributed by atoms with Gasteiger partial charge in [0.2, 0.25) is 17.6 Å². The van der Waals surface area contributed by atoms with E-state index in [0.29, 0.717) is 24.6 Å². The lowest BCUT2D eigenvalue weighted by Crippen LogP contribution is -2.30. The number of hydrogen-bond donors (Lipinski definition) is 0. The van der Waals surface area contributed by atoms with Gasteiger partial charge < -0.3 is 9.42 Å². The zero-order valence-electron chi connectivity index (χ0n) is 13.8. The largest absolute Gasteiger partial charge is 0.339 e. The van der Waals surface area contributed by atoms with Gasteiger partial charge in [-0.3, -0.25) is 4.79 Å². The number of carbonyl (C=O) groups is 1. The highest BCUT2D eigenvalue weighted by Gasteiger charge is 2.30. The highest BCUT2D eigenvalue weighted by Crippen LogP contribution is 2.34. The molecule has 0 aliphatic carbocycles. The van der Waals surface area contributed by atoms with E-state index in [1.54, 1.807) is 11.3 Å². The molecule has 1 aliphatic rings. The lowest BCUT2D eigenvalue weighted by molar-refractivity contribution is -0.132. The molecule has 0 radical (unpaired) electrons. The molecule has 1 fully saturated rings. The molecule has 4 rings (SSSR count). The fourth-order valence-corrected chi connectivity index (χ4v) is 4.13. The van der Waals surface area contributed by atoms with Crippen LogP contribution in [0.4, 0.5) is 0 Å². The van der Waals surface area contributed by atoms with E-state index in [1.165, 1.54) is 4.88 Å². The van der Waals surface area contributed by atoms with Crippen molar-refractivity contribution in [3.05, 3.63) is 58.6 Å². The third-order valence-corrected chi connectivity index (χ3v) is 5.47. The van der Waals surface area contributed by atoms with Crippen molar-refractivity contribution in [2.45, 2.75) is 31.7 Å². The summed E-state index contributed by atoms with van der Waals surface area (Å²) >= 11 is 1.72. The zero-order chi connectivity index (χ0) is 17.1. The molecule has 128 valence electrons. The second kappa shape index (κ2) is 7.19. The van der Waals surface area contributed by atoms with Crippen LogP contribution in [-0.2, 0) is 11.2 Å². The minimum atomic E-state index is 0.162. The Balaban J connectivity index is 1.38. The van der Waals surface area contributed by atoms with E-state index in [-0.39, 0.29) is 11.9 Å². The second-order valence-corrected chi connectivity index (χ2v) is 7.12. The van der Waals surface area contributed by atoms with Crippen LogP contribution in [0, 0.1) is 0 Å². The number of amides is 1. The van der Waals surface area contributed by atoms with E-state index in [2.05, 4.69) is 21.6 Å². The minimum absolute atomic E-state index is 0.162. The maximum atomic E-state index is 12.6. The quantitative estimate of drug-likeness (QED) is 0.693. The lowest BCUT2D eigenvalue weighted by Gasteiger charge is -2.23. The molecule has 1 aliphatic heterocycles. The Kier molecular flexibility index (Phi) is 4.61. The molecule has 1 saturated heterocycles. The van der Waals surface area contributed by atoms with Crippen molar-refractivity contribution in [1.29, 1.82) is 0 Å². The molecule has 0 bridgehead atoms. The summed E-state index contributed by atoms with van der Waals surface area (Å²) in [7, 11) is 0. The van der Waals surface area contributed by atoms with Gasteiger partial charge in [-0.1, -0.05) is 41.6 Å². The number of aromatic nitrogens is 2. The van der Waals surface area contributed by atoms with Gasteiger partial charge in [-0.15, -0.1) is 11.3 Å². The van der Waals surface area contributed by atoms with Gasteiger partial charge in [0.25, 0.3) is 0 Å². The Morgan fingerprint density at radius 1 is 1.24 bits per heavy atom. The molecule has 0 N–H and O–H groups in total. The van der Waals surface area contributed by atoms with Gasteiger partial charge in [-0.25, -0.2) is 0 Å². The number of aryl methyl sites for hydroxylation is 1. The van der Waals surface area contributed by atoms with E-state index in [4.69, 9.17) is 4.52 Å². The number of benzene rings is 1. The van der Waals surface area contributed by atoms with E-state index in [0.717, 1.165) is 24.9 Å². The van der Waals surface area contributed by atoms with Gasteiger partial charge >= 0.3 is 0 Å². The van der Waals surface area contributed by atoms with Crippen molar-refractivity contribution in [2.75, 3.05) is 6.54 Å². The summed E-state index contributed by atoms with van der Waals surface area (Å²) in [6.45, 7) is 0.834. The molecule has 1 atom stereocenters. The van der Waals surface area contributed by atoms with Crippen LogP contribution in [0.1, 0.15) is 36.1 Å². The van der Waals surface area contributed by atoms with Crippen LogP contribution in [0.2, 0.25) is 0 Å². The standard InChI is InChI=1S/C19H19N3O2S/c23-18(22-12-4-8-15(22)16-9-5-13-25-16)11-10-17-20-19(21-24-17)14-6-2-1-3-7-14/h1-3,5-7,9,13,15H,4,8,10-12H2. The van der Waals surface area contributed by atoms with E-state index in [9.17, 15) is 4.79 Å². The molecule has 3 heterocycles. The highest BCUT2D eigenvalue weighted by molar-refractivity contribution is 7.10. The third-order valence-electron chi connectivity index (χ3n) is 4.50. The molecule has 2 aromatic heterocycles. The summed E-state index contributed by atoms with van der Waals surface area (Å²) in [4.78, 5) is 20.3. The molecule has 0 spiro atoms. The SMILES string of the molecule is O=C(CCc1nc(-c2ccccc2)no1)N1CCCC1c1cccs1. The van der Waals surface area contributed by atoms with Crippen LogP contribution in [0.3, 0.4) is 0 Å².